The highest BCUT2D eigenvalue weighted by Crippen LogP contribution is 2.64. The molecule has 1 aromatic carbocycles. The smallest absolute Gasteiger partial charge is 0.328 e. The van der Waals surface area contributed by atoms with E-state index in [0.29, 0.717) is 6.61 Å². The van der Waals surface area contributed by atoms with Gasteiger partial charge in [-0.1, -0.05) is 22.0 Å². The normalized spacial score (nSPS) is 30.7. The van der Waals surface area contributed by atoms with Crippen molar-refractivity contribution in [1.29, 1.82) is 5.26 Å². The van der Waals surface area contributed by atoms with Crippen molar-refractivity contribution in [1.82, 2.24) is 0 Å². The molecule has 2 aliphatic rings. The minimum Gasteiger partial charge on any atom is -0.465 e. The van der Waals surface area contributed by atoms with E-state index in [1.54, 1.807) is 7.11 Å². The molecule has 1 spiro atoms. The zero-order chi connectivity index (χ0) is 18.1. The summed E-state index contributed by atoms with van der Waals surface area (Å²) < 4.78 is 11.0. The van der Waals surface area contributed by atoms with Crippen molar-refractivity contribution in [2.75, 3.05) is 13.7 Å². The van der Waals surface area contributed by atoms with Crippen molar-refractivity contribution in [2.45, 2.75) is 49.9 Å². The van der Waals surface area contributed by atoms with Gasteiger partial charge in [-0.15, -0.1) is 0 Å². The number of thiocyanates is 1. The van der Waals surface area contributed by atoms with Crippen LogP contribution in [-0.2, 0) is 25.4 Å². The molecular weight excluding hydrogens is 402 g/mol. The van der Waals surface area contributed by atoms with Crippen LogP contribution in [0.2, 0.25) is 0 Å². The Morgan fingerprint density at radius 3 is 2.76 bits per heavy atom. The number of fused-ring (bicyclic) bond motifs is 1. The number of methoxy groups -OCH3 is 1. The Balaban J connectivity index is 2.15. The molecule has 4 nitrogen and oxygen atoms in total. The summed E-state index contributed by atoms with van der Waals surface area (Å²) in [4.78, 5) is 13.2. The molecule has 1 unspecified atom stereocenters. The first-order valence-corrected chi connectivity index (χ1v) is 10.2. The van der Waals surface area contributed by atoms with Gasteiger partial charge < -0.3 is 9.47 Å². The van der Waals surface area contributed by atoms with Crippen molar-refractivity contribution in [3.63, 3.8) is 0 Å². The van der Waals surface area contributed by atoms with Gasteiger partial charge in [0.05, 0.1) is 12.7 Å². The number of rotatable bonds is 4. The molecule has 1 atom stereocenters. The van der Waals surface area contributed by atoms with Crippen LogP contribution in [-0.4, -0.2) is 25.8 Å². The third-order valence-electron chi connectivity index (χ3n) is 5.71. The number of esters is 1. The lowest BCUT2D eigenvalue weighted by Crippen LogP contribution is -2.49. The molecule has 0 saturated heterocycles. The summed E-state index contributed by atoms with van der Waals surface area (Å²) in [6.45, 7) is 2.13. The van der Waals surface area contributed by atoms with E-state index in [1.165, 1.54) is 0 Å². The van der Waals surface area contributed by atoms with Crippen molar-refractivity contribution in [2.24, 2.45) is 5.41 Å². The molecule has 6 heteroatoms. The van der Waals surface area contributed by atoms with Gasteiger partial charge in [0.25, 0.3) is 0 Å². The molecule has 0 aliphatic heterocycles. The number of hydrogen-bond acceptors (Lipinski definition) is 5. The largest absolute Gasteiger partial charge is 0.465 e. The van der Waals surface area contributed by atoms with Crippen molar-refractivity contribution in [3.8, 4) is 5.40 Å². The first-order chi connectivity index (χ1) is 12.0. The highest BCUT2D eigenvalue weighted by Gasteiger charge is 2.64. The zero-order valence-electron chi connectivity index (χ0n) is 14.5. The number of nitrogens with zero attached hydrogens (tertiary/aromatic N) is 1. The number of carbonyl (C=O) groups is 1. The Morgan fingerprint density at radius 2 is 2.16 bits per heavy atom. The van der Waals surface area contributed by atoms with E-state index >= 15 is 0 Å². The van der Waals surface area contributed by atoms with E-state index in [4.69, 9.17) is 9.47 Å². The Morgan fingerprint density at radius 1 is 1.44 bits per heavy atom. The maximum Gasteiger partial charge on any atom is 0.328 e. The van der Waals surface area contributed by atoms with Crippen LogP contribution in [0.25, 0.3) is 0 Å². The number of nitriles is 1. The van der Waals surface area contributed by atoms with E-state index in [9.17, 15) is 10.1 Å². The first kappa shape index (κ1) is 18.8. The average molecular weight is 424 g/mol. The molecule has 0 radical (unpaired) electrons. The van der Waals surface area contributed by atoms with Gasteiger partial charge in [-0.3, -0.25) is 4.79 Å². The van der Waals surface area contributed by atoms with Crippen LogP contribution in [0.15, 0.2) is 22.7 Å². The lowest BCUT2D eigenvalue weighted by Gasteiger charge is -2.46. The summed E-state index contributed by atoms with van der Waals surface area (Å²) in [5, 5.41) is 11.8. The molecule has 25 heavy (non-hydrogen) atoms. The SMILES string of the molecule is CCOC(=O)C1(SC#N)c2cc(Br)ccc2CC12CCC(OC)CC2. The van der Waals surface area contributed by atoms with Gasteiger partial charge in [0.1, 0.15) is 5.40 Å². The summed E-state index contributed by atoms with van der Waals surface area (Å²) in [7, 11) is 1.74. The van der Waals surface area contributed by atoms with Crippen molar-refractivity contribution in [3.05, 3.63) is 33.8 Å². The van der Waals surface area contributed by atoms with Gasteiger partial charge in [-0.05, 0) is 74.0 Å². The van der Waals surface area contributed by atoms with E-state index in [1.807, 2.05) is 19.1 Å². The molecule has 0 N–H and O–H groups in total. The number of thioether (sulfide) groups is 1. The molecule has 2 aliphatic carbocycles. The van der Waals surface area contributed by atoms with Crippen LogP contribution in [0.3, 0.4) is 0 Å². The molecule has 0 heterocycles. The topological polar surface area (TPSA) is 59.3 Å². The van der Waals surface area contributed by atoms with E-state index < -0.39 is 4.75 Å². The molecule has 1 fully saturated rings. The van der Waals surface area contributed by atoms with E-state index in [2.05, 4.69) is 27.4 Å². The van der Waals surface area contributed by atoms with Gasteiger partial charge in [0.15, 0.2) is 4.75 Å². The van der Waals surface area contributed by atoms with Gasteiger partial charge in [-0.2, -0.15) is 5.26 Å². The van der Waals surface area contributed by atoms with Crippen LogP contribution in [0.5, 0.6) is 0 Å². The second kappa shape index (κ2) is 7.30. The molecular formula is C19H22BrNO3S. The summed E-state index contributed by atoms with van der Waals surface area (Å²) in [6.07, 6.45) is 4.54. The highest BCUT2D eigenvalue weighted by atomic mass is 79.9. The minimum absolute atomic E-state index is 0.230. The van der Waals surface area contributed by atoms with Crippen LogP contribution in [0.4, 0.5) is 0 Å². The van der Waals surface area contributed by atoms with Crippen LogP contribution >= 0.6 is 27.7 Å². The van der Waals surface area contributed by atoms with Gasteiger partial charge in [0.2, 0.25) is 0 Å². The molecule has 0 bridgehead atoms. The molecule has 0 amide bonds. The predicted molar refractivity (Wildman–Crippen MR) is 101 cm³/mol. The quantitative estimate of drug-likeness (QED) is 0.524. The number of halogens is 1. The Kier molecular flexibility index (Phi) is 5.48. The summed E-state index contributed by atoms with van der Waals surface area (Å²) in [5.74, 6) is -0.283. The van der Waals surface area contributed by atoms with Crippen molar-refractivity contribution >= 4 is 33.7 Å². The molecule has 1 saturated carbocycles. The second-order valence-corrected chi connectivity index (χ2v) is 8.70. The lowest BCUT2D eigenvalue weighted by atomic mass is 9.65. The Bertz CT molecular complexity index is 709. The molecule has 134 valence electrons. The Labute approximate surface area is 161 Å². The lowest BCUT2D eigenvalue weighted by molar-refractivity contribution is -0.151. The van der Waals surface area contributed by atoms with Crippen LogP contribution in [0, 0.1) is 16.1 Å². The maximum absolute atomic E-state index is 13.2. The fourth-order valence-corrected chi connectivity index (χ4v) is 5.98. The maximum atomic E-state index is 13.2. The third kappa shape index (κ3) is 2.90. The van der Waals surface area contributed by atoms with E-state index in [0.717, 1.165) is 59.5 Å². The number of carbonyl (C=O) groups excluding carboxylic acids is 1. The zero-order valence-corrected chi connectivity index (χ0v) is 16.9. The summed E-state index contributed by atoms with van der Waals surface area (Å²) >= 11 is 4.59. The van der Waals surface area contributed by atoms with Crippen molar-refractivity contribution < 1.29 is 14.3 Å². The standard InChI is InChI=1S/C19H22BrNO3S/c1-3-24-17(22)19(25-12-21)16-10-14(20)5-4-13(16)11-18(19)8-6-15(23-2)7-9-18/h4-5,10,15H,3,6-9,11H2,1-2H3. The Hall–Kier alpha value is -1.03. The predicted octanol–water partition coefficient (Wildman–Crippen LogP) is 4.55. The third-order valence-corrected chi connectivity index (χ3v) is 7.42. The first-order valence-electron chi connectivity index (χ1n) is 8.59. The monoisotopic (exact) mass is 423 g/mol. The van der Waals surface area contributed by atoms with Crippen LogP contribution in [0.1, 0.15) is 43.7 Å². The second-order valence-electron chi connectivity index (χ2n) is 6.79. The molecule has 0 aromatic heterocycles. The fraction of sp³-hybridized carbons (Fsp3) is 0.579. The minimum atomic E-state index is -0.963. The summed E-state index contributed by atoms with van der Waals surface area (Å²) in [6, 6.07) is 6.07. The highest BCUT2D eigenvalue weighted by molar-refractivity contribution is 9.10. The van der Waals surface area contributed by atoms with E-state index in [-0.39, 0.29) is 17.5 Å². The molecule has 1 aromatic rings. The molecule has 3 rings (SSSR count). The van der Waals surface area contributed by atoms with Gasteiger partial charge in [-0.25, -0.2) is 0 Å². The summed E-state index contributed by atoms with van der Waals surface area (Å²) in [5.41, 5.74) is 1.79. The van der Waals surface area contributed by atoms with Gasteiger partial charge in [0, 0.05) is 17.0 Å². The number of benzene rings is 1. The fourth-order valence-electron chi connectivity index (χ4n) is 4.55. The van der Waals surface area contributed by atoms with Crippen LogP contribution < -0.4 is 0 Å². The number of ether oxygens (including phenoxy) is 2. The number of hydrogen-bond donors (Lipinski definition) is 0. The average Bonchev–Trinajstić information content (AvgIpc) is 2.86. The van der Waals surface area contributed by atoms with Gasteiger partial charge >= 0.3 is 5.97 Å².